The van der Waals surface area contributed by atoms with Crippen LogP contribution in [0.4, 0.5) is 5.13 Å². The Bertz CT molecular complexity index is 2200. The molecule has 16 nitrogen and oxygen atoms in total. The molecule has 2 aliphatic rings. The number of carbonyl (C=O) groups excluding carboxylic acids is 2. The normalized spacial score (nSPS) is 18.0. The maximum Gasteiger partial charge on any atom is 0.353 e. The molecule has 1 saturated heterocycles. The lowest BCUT2D eigenvalue weighted by molar-refractivity contribution is -0.661. The number of nitrogens with one attached hydrogen (secondary N) is 1. The summed E-state index contributed by atoms with van der Waals surface area (Å²) >= 11 is 2.61. The number of β-lactam (4-membered cyclic amide) rings is 1. The zero-order valence-corrected chi connectivity index (χ0v) is 27.7. The van der Waals surface area contributed by atoms with Crippen molar-refractivity contribution in [3.8, 4) is 17.6 Å². The van der Waals surface area contributed by atoms with Crippen LogP contribution in [0.15, 0.2) is 76.6 Å². The number of aromatic hydroxyl groups is 2. The lowest BCUT2D eigenvalue weighted by Crippen LogP contribution is -2.71. The number of oxime groups is 1. The predicted octanol–water partition coefficient (Wildman–Crippen LogP) is 2.05. The minimum Gasteiger partial charge on any atom is -0.503 e. The van der Waals surface area contributed by atoms with Crippen LogP contribution in [0.3, 0.4) is 0 Å². The molecule has 2 amide bonds. The SMILES string of the molecule is N#Cc1sc(C(O/N=C(/C(=O)N[C@@H]2C(=O)N3C(C(=O)O)=C(/C=C/C[n+]4cccc5ccccc54)CS[C@H]23)c2csc(N)n2)C(=O)O)c(O)c1O. The minimum atomic E-state index is -2.06. The molecule has 0 saturated carbocycles. The number of nitriles is 1. The van der Waals surface area contributed by atoms with Crippen molar-refractivity contribution in [2.75, 3.05) is 11.5 Å². The van der Waals surface area contributed by atoms with Crippen molar-refractivity contribution in [3.05, 3.63) is 86.8 Å². The Balaban J connectivity index is 1.21. The minimum absolute atomic E-state index is 0.0270. The zero-order valence-electron chi connectivity index (χ0n) is 25.3. The van der Waals surface area contributed by atoms with Crippen molar-refractivity contribution in [1.29, 1.82) is 5.26 Å². The maximum atomic E-state index is 13.5. The largest absolute Gasteiger partial charge is 0.503 e. The third-order valence-corrected chi connectivity index (χ3v) is 10.7. The van der Waals surface area contributed by atoms with Crippen molar-refractivity contribution in [3.63, 3.8) is 0 Å². The number of thioether (sulfide) groups is 1. The Morgan fingerprint density at radius 2 is 1.98 bits per heavy atom. The molecule has 1 unspecified atom stereocenters. The highest BCUT2D eigenvalue weighted by atomic mass is 32.2. The van der Waals surface area contributed by atoms with Crippen LogP contribution in [0, 0.1) is 11.3 Å². The number of carboxylic acid groups (broad SMARTS) is 2. The third-order valence-electron chi connectivity index (χ3n) is 7.57. The molecule has 5 heterocycles. The van der Waals surface area contributed by atoms with Crippen LogP contribution in [-0.4, -0.2) is 76.9 Å². The number of thiazole rings is 1. The van der Waals surface area contributed by atoms with Gasteiger partial charge in [0.15, 0.2) is 40.0 Å². The molecule has 254 valence electrons. The topological polar surface area (TPSA) is 253 Å². The average molecular weight is 735 g/mol. The van der Waals surface area contributed by atoms with E-state index in [1.165, 1.54) is 17.1 Å². The number of benzene rings is 1. The number of nitrogens with zero attached hydrogens (tertiary/aromatic N) is 5. The first-order valence-corrected chi connectivity index (χ1v) is 17.1. The van der Waals surface area contributed by atoms with E-state index < -0.39 is 63.4 Å². The second kappa shape index (κ2) is 13.9. The summed E-state index contributed by atoms with van der Waals surface area (Å²) in [6, 6.07) is 12.1. The number of aliphatic carboxylic acids is 2. The molecule has 1 fully saturated rings. The van der Waals surface area contributed by atoms with Gasteiger partial charge in [-0.1, -0.05) is 23.4 Å². The fourth-order valence-corrected chi connectivity index (χ4v) is 8.03. The van der Waals surface area contributed by atoms with Gasteiger partial charge in [-0.05, 0) is 23.8 Å². The number of amides is 2. The van der Waals surface area contributed by atoms with Crippen LogP contribution in [0.25, 0.3) is 10.9 Å². The molecule has 6 rings (SSSR count). The number of carboxylic acids is 2. The molecule has 3 aromatic heterocycles. The number of fused-ring (bicyclic) bond motifs is 2. The monoisotopic (exact) mass is 734 g/mol. The number of thiophene rings is 1. The quantitative estimate of drug-likeness (QED) is 0.0559. The van der Waals surface area contributed by atoms with Crippen LogP contribution in [0.1, 0.15) is 21.6 Å². The number of para-hydroxylation sites is 1. The first kappa shape index (κ1) is 33.9. The van der Waals surface area contributed by atoms with Gasteiger partial charge in [-0.2, -0.15) is 9.83 Å². The standard InChI is InChI=1S/C31H23N7O9S3/c32-11-18-22(39)23(40)25(50-18)24(30(45)46)47-36-19(16-13-49-31(33)34-16)26(41)35-20-27(42)38-21(29(43)44)15(12-48-28(20)38)7-4-10-37-9-3-6-14-5-1-2-8-17(14)37/h1-9,13,20,24,28H,10,12H2,(H6-,33,34,35,39,40,41,43,44,45,46)/p+1/b7-4+,36-19+/t20-,24?,28-/m1/s1. The second-order valence-electron chi connectivity index (χ2n) is 10.6. The lowest BCUT2D eigenvalue weighted by atomic mass is 10.0. The molecule has 3 atom stereocenters. The molecule has 50 heavy (non-hydrogen) atoms. The Morgan fingerprint density at radius 3 is 2.66 bits per heavy atom. The summed E-state index contributed by atoms with van der Waals surface area (Å²) in [5.74, 6) is -6.25. The van der Waals surface area contributed by atoms with E-state index in [2.05, 4.69) is 15.5 Å². The van der Waals surface area contributed by atoms with E-state index in [0.29, 0.717) is 23.5 Å². The molecule has 4 aromatic rings. The number of hydrogen-bond donors (Lipinski definition) is 6. The lowest BCUT2D eigenvalue weighted by Gasteiger charge is -2.49. The van der Waals surface area contributed by atoms with Crippen molar-refractivity contribution in [2.45, 2.75) is 24.1 Å². The molecule has 0 radical (unpaired) electrons. The third kappa shape index (κ3) is 6.29. The number of anilines is 1. The maximum absolute atomic E-state index is 13.5. The van der Waals surface area contributed by atoms with E-state index >= 15 is 0 Å². The van der Waals surface area contributed by atoms with E-state index in [1.807, 2.05) is 47.2 Å². The van der Waals surface area contributed by atoms with Gasteiger partial charge in [0.05, 0.1) is 0 Å². The Labute approximate surface area is 293 Å². The highest BCUT2D eigenvalue weighted by molar-refractivity contribution is 8.00. The van der Waals surface area contributed by atoms with Crippen molar-refractivity contribution in [1.82, 2.24) is 15.2 Å². The number of pyridine rings is 1. The molecule has 0 aliphatic carbocycles. The summed E-state index contributed by atoms with van der Waals surface area (Å²) < 4.78 is 2.00. The van der Waals surface area contributed by atoms with Crippen LogP contribution >= 0.6 is 34.4 Å². The van der Waals surface area contributed by atoms with Crippen LogP contribution < -0.4 is 15.6 Å². The number of nitrogen functional groups attached to an aromatic ring is 1. The highest BCUT2D eigenvalue weighted by Gasteiger charge is 2.54. The first-order valence-electron chi connectivity index (χ1n) is 14.4. The van der Waals surface area contributed by atoms with Crippen LogP contribution in [0.2, 0.25) is 0 Å². The molecule has 2 aliphatic heterocycles. The fraction of sp³-hybridized carbons (Fsp3) is 0.161. The summed E-state index contributed by atoms with van der Waals surface area (Å²) in [7, 11) is 0. The summed E-state index contributed by atoms with van der Waals surface area (Å²) in [5.41, 5.74) is 6.20. The summed E-state index contributed by atoms with van der Waals surface area (Å²) in [4.78, 5) is 60.6. The van der Waals surface area contributed by atoms with Gasteiger partial charge in [0.25, 0.3) is 17.9 Å². The number of rotatable bonds is 11. The van der Waals surface area contributed by atoms with Gasteiger partial charge >= 0.3 is 11.9 Å². The second-order valence-corrected chi connectivity index (χ2v) is 13.6. The van der Waals surface area contributed by atoms with E-state index in [9.17, 15) is 39.6 Å². The fourth-order valence-electron chi connectivity index (χ4n) is 5.27. The van der Waals surface area contributed by atoms with Gasteiger partial charge in [0.1, 0.15) is 33.8 Å². The van der Waals surface area contributed by atoms with Gasteiger partial charge < -0.3 is 36.3 Å². The molecule has 19 heteroatoms. The van der Waals surface area contributed by atoms with Crippen molar-refractivity contribution in [2.24, 2.45) is 5.16 Å². The number of hydrogen-bond acceptors (Lipinski definition) is 14. The molecule has 0 spiro atoms. The molecular formula is C31H24N7O9S3+. The van der Waals surface area contributed by atoms with Crippen LogP contribution in [0.5, 0.6) is 11.5 Å². The number of nitrogens with two attached hydrogens (primary N) is 1. The summed E-state index contributed by atoms with van der Waals surface area (Å²) in [6.07, 6.45) is 3.32. The van der Waals surface area contributed by atoms with Crippen LogP contribution in [-0.2, 0) is 30.6 Å². The highest BCUT2D eigenvalue weighted by Crippen LogP contribution is 2.44. The van der Waals surface area contributed by atoms with Crippen molar-refractivity contribution >= 4 is 79.9 Å². The van der Waals surface area contributed by atoms with Gasteiger partial charge in [-0.25, -0.2) is 14.6 Å². The van der Waals surface area contributed by atoms with E-state index in [-0.39, 0.29) is 27.2 Å². The van der Waals surface area contributed by atoms with Gasteiger partial charge in [0, 0.05) is 28.7 Å². The zero-order chi connectivity index (χ0) is 35.7. The van der Waals surface area contributed by atoms with Gasteiger partial charge in [0.2, 0.25) is 5.52 Å². The number of allylic oxidation sites excluding steroid dienone is 2. The van der Waals surface area contributed by atoms with E-state index in [0.717, 1.165) is 27.1 Å². The summed E-state index contributed by atoms with van der Waals surface area (Å²) in [5, 5.41) is 56.9. The molecular weight excluding hydrogens is 711 g/mol. The predicted molar refractivity (Wildman–Crippen MR) is 180 cm³/mol. The molecule has 7 N–H and O–H groups in total. The van der Waals surface area contributed by atoms with Gasteiger partial charge in [-0.3, -0.25) is 14.5 Å². The number of aromatic nitrogens is 2. The summed E-state index contributed by atoms with van der Waals surface area (Å²) in [6.45, 7) is 0.444. The Hall–Kier alpha value is -5.97. The average Bonchev–Trinajstić information content (AvgIpc) is 3.66. The Morgan fingerprint density at radius 1 is 1.22 bits per heavy atom. The Kier molecular flexibility index (Phi) is 9.41. The van der Waals surface area contributed by atoms with E-state index in [4.69, 9.17) is 15.8 Å². The van der Waals surface area contributed by atoms with Crippen molar-refractivity contribution < 1.29 is 49.0 Å². The molecule has 0 bridgehead atoms. The first-order chi connectivity index (χ1) is 24.0. The molecule has 1 aromatic carbocycles. The smallest absolute Gasteiger partial charge is 0.353 e. The van der Waals surface area contributed by atoms with Gasteiger partial charge in [-0.15, -0.1) is 34.4 Å². The number of carbonyl (C=O) groups is 4. The van der Waals surface area contributed by atoms with E-state index in [1.54, 1.807) is 18.2 Å².